The number of aromatic amines is 1. The van der Waals surface area contributed by atoms with E-state index in [0.717, 1.165) is 6.07 Å². The molecule has 0 aliphatic rings. The average Bonchev–Trinajstić information content (AvgIpc) is 2.45. The first kappa shape index (κ1) is 10.2. The maximum Gasteiger partial charge on any atom is 0.417 e. The minimum Gasteiger partial charge on any atom is -0.277 e. The van der Waals surface area contributed by atoms with Crippen LogP contribution in [-0.4, -0.2) is 4.37 Å². The van der Waals surface area contributed by atoms with Gasteiger partial charge in [-0.1, -0.05) is 11.5 Å². The zero-order chi connectivity index (χ0) is 11.2. The Kier molecular flexibility index (Phi) is 2.07. The van der Waals surface area contributed by atoms with E-state index >= 15 is 0 Å². The summed E-state index contributed by atoms with van der Waals surface area (Å²) in [5, 5.41) is -0.271. The molecule has 1 aromatic heterocycles. The zero-order valence-electron chi connectivity index (χ0n) is 6.98. The number of benzene rings is 1. The molecule has 0 radical (unpaired) electrons. The summed E-state index contributed by atoms with van der Waals surface area (Å²) in [5.41, 5.74) is -1.83. The number of hydrogen-bond acceptors (Lipinski definition) is 2. The lowest BCUT2D eigenvalue weighted by Gasteiger charge is -2.06. The number of hydrogen-bond donors (Lipinski definition) is 1. The van der Waals surface area contributed by atoms with E-state index in [-0.39, 0.29) is 10.1 Å². The van der Waals surface area contributed by atoms with Gasteiger partial charge < -0.3 is 0 Å². The van der Waals surface area contributed by atoms with Crippen molar-refractivity contribution in [2.75, 3.05) is 0 Å². The van der Waals surface area contributed by atoms with Gasteiger partial charge in [0.2, 0.25) is 0 Å². The van der Waals surface area contributed by atoms with E-state index in [1.165, 1.54) is 0 Å². The van der Waals surface area contributed by atoms with Crippen LogP contribution in [0.1, 0.15) is 5.56 Å². The van der Waals surface area contributed by atoms with Crippen LogP contribution in [0, 0.1) is 5.82 Å². The molecule has 0 atom stereocenters. The fourth-order valence-corrected chi connectivity index (χ4v) is 2.09. The molecule has 1 aromatic carbocycles. The molecular formula is C8H3F4NOS. The van der Waals surface area contributed by atoms with Crippen LogP contribution >= 0.6 is 11.5 Å². The van der Waals surface area contributed by atoms with Gasteiger partial charge in [-0.3, -0.25) is 9.17 Å². The van der Waals surface area contributed by atoms with Crippen molar-refractivity contribution >= 4 is 21.6 Å². The summed E-state index contributed by atoms with van der Waals surface area (Å²) >= 11 is 0.552. The fourth-order valence-electron chi connectivity index (χ4n) is 1.24. The number of aromatic nitrogens is 1. The van der Waals surface area contributed by atoms with E-state index in [0.29, 0.717) is 17.6 Å². The molecule has 0 aliphatic heterocycles. The Morgan fingerprint density at radius 1 is 1.27 bits per heavy atom. The van der Waals surface area contributed by atoms with Crippen LogP contribution < -0.4 is 5.56 Å². The van der Waals surface area contributed by atoms with Crippen LogP contribution in [0.3, 0.4) is 0 Å². The van der Waals surface area contributed by atoms with E-state index in [9.17, 15) is 22.4 Å². The lowest BCUT2D eigenvalue weighted by molar-refractivity contribution is -0.136. The van der Waals surface area contributed by atoms with E-state index in [4.69, 9.17) is 0 Å². The van der Waals surface area contributed by atoms with Gasteiger partial charge in [-0.15, -0.1) is 0 Å². The minimum atomic E-state index is -4.66. The Bertz CT molecular complexity index is 568. The summed E-state index contributed by atoms with van der Waals surface area (Å²) in [5.74, 6) is -1.07. The molecule has 2 nitrogen and oxygen atoms in total. The molecule has 0 saturated heterocycles. The Labute approximate surface area is 84.3 Å². The van der Waals surface area contributed by atoms with Gasteiger partial charge in [0.25, 0.3) is 5.56 Å². The molecular weight excluding hydrogens is 234 g/mol. The number of halogens is 4. The highest BCUT2D eigenvalue weighted by atomic mass is 32.1. The number of fused-ring (bicyclic) bond motifs is 1. The second-order valence-corrected chi connectivity index (χ2v) is 3.68. The van der Waals surface area contributed by atoms with Gasteiger partial charge in [-0.05, 0) is 12.1 Å². The summed E-state index contributed by atoms with van der Waals surface area (Å²) in [6.45, 7) is 0. The van der Waals surface area contributed by atoms with E-state index < -0.39 is 23.1 Å². The first-order valence-electron chi connectivity index (χ1n) is 3.77. The van der Waals surface area contributed by atoms with Crippen LogP contribution in [0.15, 0.2) is 16.9 Å². The molecule has 2 aromatic rings. The van der Waals surface area contributed by atoms with E-state index in [1.807, 2.05) is 0 Å². The maximum absolute atomic E-state index is 12.8. The van der Waals surface area contributed by atoms with Crippen molar-refractivity contribution < 1.29 is 17.6 Å². The standard InChI is InChI=1S/C8H3F4NOS/c9-3-1-4-6(15-13-7(4)14)5(2-3)8(10,11)12/h1-2H,(H,13,14). The van der Waals surface area contributed by atoms with Gasteiger partial charge in [-0.2, -0.15) is 13.2 Å². The lowest BCUT2D eigenvalue weighted by Crippen LogP contribution is -2.06. The molecule has 0 amide bonds. The Hall–Kier alpha value is -1.37. The molecule has 1 heterocycles. The molecule has 0 aliphatic carbocycles. The second-order valence-electron chi connectivity index (χ2n) is 2.86. The number of H-pyrrole nitrogens is 1. The van der Waals surface area contributed by atoms with Crippen LogP contribution in [0.5, 0.6) is 0 Å². The van der Waals surface area contributed by atoms with E-state index in [2.05, 4.69) is 4.37 Å². The van der Waals surface area contributed by atoms with Gasteiger partial charge in [0, 0.05) is 0 Å². The Morgan fingerprint density at radius 2 is 1.93 bits per heavy atom. The van der Waals surface area contributed by atoms with Crippen LogP contribution in [0.2, 0.25) is 0 Å². The summed E-state index contributed by atoms with van der Waals surface area (Å²) in [4.78, 5) is 11.0. The summed E-state index contributed by atoms with van der Waals surface area (Å²) in [6.07, 6.45) is -4.66. The highest BCUT2D eigenvalue weighted by Gasteiger charge is 2.34. The molecule has 80 valence electrons. The first-order valence-corrected chi connectivity index (χ1v) is 4.59. The van der Waals surface area contributed by atoms with Crippen LogP contribution in [-0.2, 0) is 6.18 Å². The number of rotatable bonds is 0. The van der Waals surface area contributed by atoms with E-state index in [1.54, 1.807) is 0 Å². The first-order chi connectivity index (χ1) is 6.89. The molecule has 0 bridgehead atoms. The van der Waals surface area contributed by atoms with Crippen molar-refractivity contribution in [2.24, 2.45) is 0 Å². The van der Waals surface area contributed by atoms with Gasteiger partial charge in [0.1, 0.15) is 5.82 Å². The summed E-state index contributed by atoms with van der Waals surface area (Å²) in [7, 11) is 0. The highest BCUT2D eigenvalue weighted by molar-refractivity contribution is 7.13. The topological polar surface area (TPSA) is 32.9 Å². The van der Waals surface area contributed by atoms with Crippen LogP contribution in [0.25, 0.3) is 10.1 Å². The van der Waals surface area contributed by atoms with Crippen LogP contribution in [0.4, 0.5) is 17.6 Å². The molecule has 1 N–H and O–H groups in total. The Morgan fingerprint density at radius 3 is 2.53 bits per heavy atom. The van der Waals surface area contributed by atoms with Crippen molar-refractivity contribution in [2.45, 2.75) is 6.18 Å². The minimum absolute atomic E-state index is 0.270. The molecule has 0 saturated carbocycles. The fraction of sp³-hybridized carbons (Fsp3) is 0.125. The van der Waals surface area contributed by atoms with Crippen molar-refractivity contribution in [1.82, 2.24) is 4.37 Å². The van der Waals surface area contributed by atoms with Crippen molar-refractivity contribution in [1.29, 1.82) is 0 Å². The average molecular weight is 237 g/mol. The molecule has 2 rings (SSSR count). The smallest absolute Gasteiger partial charge is 0.277 e. The Balaban J connectivity index is 2.90. The predicted molar refractivity (Wildman–Crippen MR) is 47.4 cm³/mol. The quantitative estimate of drug-likeness (QED) is 0.702. The molecule has 0 spiro atoms. The lowest BCUT2D eigenvalue weighted by atomic mass is 10.1. The monoisotopic (exact) mass is 237 g/mol. The number of nitrogens with one attached hydrogen (secondary N) is 1. The number of alkyl halides is 3. The van der Waals surface area contributed by atoms with Crippen molar-refractivity contribution in [3.8, 4) is 0 Å². The van der Waals surface area contributed by atoms with Gasteiger partial charge in [-0.25, -0.2) is 4.39 Å². The van der Waals surface area contributed by atoms with Gasteiger partial charge in [0.05, 0.1) is 15.6 Å². The third-order valence-corrected chi connectivity index (χ3v) is 2.78. The highest BCUT2D eigenvalue weighted by Crippen LogP contribution is 2.35. The van der Waals surface area contributed by atoms with Gasteiger partial charge >= 0.3 is 6.18 Å². The second kappa shape index (κ2) is 3.06. The SMILES string of the molecule is O=c1[nH]sc2c(C(F)(F)F)cc(F)cc12. The van der Waals surface area contributed by atoms with Gasteiger partial charge in [0.15, 0.2) is 0 Å². The third kappa shape index (κ3) is 1.63. The largest absolute Gasteiger partial charge is 0.417 e. The summed E-state index contributed by atoms with van der Waals surface area (Å²) in [6, 6.07) is 1.17. The maximum atomic E-state index is 12.8. The predicted octanol–water partition coefficient (Wildman–Crippen LogP) is 2.75. The molecule has 0 fully saturated rings. The normalized spacial score (nSPS) is 12.3. The third-order valence-electron chi connectivity index (χ3n) is 1.85. The molecule has 7 heteroatoms. The molecule has 0 unspecified atom stereocenters. The summed E-state index contributed by atoms with van der Waals surface area (Å²) < 4.78 is 52.0. The van der Waals surface area contributed by atoms with Crippen molar-refractivity contribution in [3.05, 3.63) is 33.9 Å². The zero-order valence-corrected chi connectivity index (χ0v) is 7.80. The van der Waals surface area contributed by atoms with Crippen molar-refractivity contribution in [3.63, 3.8) is 0 Å². The molecule has 15 heavy (non-hydrogen) atoms.